The minimum absolute atomic E-state index is 0.0170. The largest absolute Gasteiger partial charge is 0.506 e. The Balaban J connectivity index is 0.000000198. The standard InChI is InChI=1S/C20H15Cl3O3.C19H13Cl3O3/c1-20(11-2-5-17(24)14(21)8-11,12-3-6-18(25)15(22)9-12)13-4-7-19(26)16(23)10-13;20-13-7-10(1-4-16(13)23)19(11-2-5-17(24)14(21)8-11)12-3-6-18(25)15(22)9-12/h2-10,24-26H,1H3;1-9,19,23-25H. The zero-order chi connectivity index (χ0) is 37.2. The van der Waals surface area contributed by atoms with Crippen molar-refractivity contribution < 1.29 is 30.6 Å². The first-order valence-electron chi connectivity index (χ1n) is 15.0. The van der Waals surface area contributed by atoms with E-state index in [0.29, 0.717) is 0 Å². The predicted octanol–water partition coefficient (Wildman–Crippen LogP) is 12.1. The van der Waals surface area contributed by atoms with Gasteiger partial charge in [-0.15, -0.1) is 0 Å². The lowest BCUT2D eigenvalue weighted by atomic mass is 9.71. The molecule has 0 aliphatic carbocycles. The monoisotopic (exact) mass is 802 g/mol. The summed E-state index contributed by atoms with van der Waals surface area (Å²) in [7, 11) is 0. The van der Waals surface area contributed by atoms with Crippen LogP contribution < -0.4 is 0 Å². The van der Waals surface area contributed by atoms with Crippen molar-refractivity contribution in [1.29, 1.82) is 0 Å². The van der Waals surface area contributed by atoms with Gasteiger partial charge < -0.3 is 30.6 Å². The molecule has 262 valence electrons. The number of aromatic hydroxyl groups is 6. The highest BCUT2D eigenvalue weighted by atomic mass is 35.5. The highest BCUT2D eigenvalue weighted by molar-refractivity contribution is 6.33. The van der Waals surface area contributed by atoms with E-state index in [1.165, 1.54) is 36.4 Å². The van der Waals surface area contributed by atoms with Gasteiger partial charge in [0, 0.05) is 11.3 Å². The molecule has 51 heavy (non-hydrogen) atoms. The first-order chi connectivity index (χ1) is 24.1. The van der Waals surface area contributed by atoms with Crippen LogP contribution in [0.4, 0.5) is 0 Å². The summed E-state index contributed by atoms with van der Waals surface area (Å²) in [6.45, 7) is 1.95. The van der Waals surface area contributed by atoms with Crippen LogP contribution in [0.15, 0.2) is 109 Å². The van der Waals surface area contributed by atoms with E-state index in [4.69, 9.17) is 69.6 Å². The molecule has 0 aliphatic heterocycles. The Morgan fingerprint density at radius 1 is 0.353 bits per heavy atom. The van der Waals surface area contributed by atoms with E-state index in [9.17, 15) is 30.6 Å². The molecule has 0 radical (unpaired) electrons. The second-order valence-electron chi connectivity index (χ2n) is 11.7. The van der Waals surface area contributed by atoms with E-state index in [-0.39, 0.29) is 70.6 Å². The third kappa shape index (κ3) is 8.18. The molecule has 12 heteroatoms. The van der Waals surface area contributed by atoms with Gasteiger partial charge in [0.2, 0.25) is 0 Å². The van der Waals surface area contributed by atoms with Gasteiger partial charge in [-0.1, -0.05) is 106 Å². The van der Waals surface area contributed by atoms with Crippen LogP contribution in [-0.2, 0) is 5.41 Å². The van der Waals surface area contributed by atoms with Gasteiger partial charge in [0.1, 0.15) is 34.5 Å². The maximum Gasteiger partial charge on any atom is 0.134 e. The van der Waals surface area contributed by atoms with E-state index in [0.717, 1.165) is 33.4 Å². The topological polar surface area (TPSA) is 121 Å². The molecule has 0 bridgehead atoms. The molecule has 6 rings (SSSR count). The summed E-state index contributed by atoms with van der Waals surface area (Å²) in [6, 6.07) is 29.5. The van der Waals surface area contributed by atoms with E-state index in [1.54, 1.807) is 72.8 Å². The minimum Gasteiger partial charge on any atom is -0.506 e. The number of benzene rings is 6. The highest BCUT2D eigenvalue weighted by Gasteiger charge is 2.33. The molecule has 6 aromatic carbocycles. The molecule has 6 N–H and O–H groups in total. The third-order valence-electron chi connectivity index (χ3n) is 8.49. The van der Waals surface area contributed by atoms with Crippen molar-refractivity contribution in [3.05, 3.63) is 173 Å². The molecule has 0 unspecified atom stereocenters. The Morgan fingerprint density at radius 3 is 0.784 bits per heavy atom. The molecule has 0 fully saturated rings. The number of phenolic OH excluding ortho intramolecular Hbond substituents is 6. The van der Waals surface area contributed by atoms with Gasteiger partial charge in [0.05, 0.1) is 30.1 Å². The summed E-state index contributed by atoms with van der Waals surface area (Å²) in [5.41, 5.74) is 3.98. The molecule has 0 heterocycles. The molecule has 6 nitrogen and oxygen atoms in total. The summed E-state index contributed by atoms with van der Waals surface area (Å²) < 4.78 is 0. The second-order valence-corrected chi connectivity index (χ2v) is 14.1. The van der Waals surface area contributed by atoms with Crippen LogP contribution in [0.2, 0.25) is 30.1 Å². The average Bonchev–Trinajstić information content (AvgIpc) is 3.09. The molecular formula is C39H28Cl6O6. The van der Waals surface area contributed by atoms with E-state index >= 15 is 0 Å². The Hall–Kier alpha value is -4.14. The molecule has 0 spiro atoms. The van der Waals surface area contributed by atoms with Crippen molar-refractivity contribution in [2.75, 3.05) is 0 Å². The van der Waals surface area contributed by atoms with Gasteiger partial charge in [-0.25, -0.2) is 0 Å². The molecular weight excluding hydrogens is 777 g/mol. The lowest BCUT2D eigenvalue weighted by molar-refractivity contribution is 0.473. The average molecular weight is 805 g/mol. The Labute approximate surface area is 323 Å². The first kappa shape index (κ1) is 38.1. The summed E-state index contributed by atoms with van der Waals surface area (Å²) in [5.74, 6) is -0.431. The number of hydrogen-bond donors (Lipinski definition) is 6. The van der Waals surface area contributed by atoms with Gasteiger partial charge in [-0.2, -0.15) is 0 Å². The molecule has 0 aromatic heterocycles. The van der Waals surface area contributed by atoms with E-state index < -0.39 is 5.41 Å². The van der Waals surface area contributed by atoms with Crippen molar-refractivity contribution >= 4 is 69.6 Å². The molecule has 0 amide bonds. The third-order valence-corrected chi connectivity index (χ3v) is 10.3. The van der Waals surface area contributed by atoms with Gasteiger partial charge >= 0.3 is 0 Å². The summed E-state index contributed by atoms with van der Waals surface area (Å²) >= 11 is 36.6. The molecule has 0 saturated heterocycles. The predicted molar refractivity (Wildman–Crippen MR) is 205 cm³/mol. The van der Waals surface area contributed by atoms with Crippen molar-refractivity contribution in [2.45, 2.75) is 18.3 Å². The summed E-state index contributed by atoms with van der Waals surface area (Å²) in [5, 5.41) is 59.7. The number of hydrogen-bond acceptors (Lipinski definition) is 6. The first-order valence-corrected chi connectivity index (χ1v) is 17.3. The zero-order valence-electron chi connectivity index (χ0n) is 26.4. The van der Waals surface area contributed by atoms with E-state index in [1.807, 2.05) is 6.92 Å². The number of halogens is 6. The number of phenols is 6. The van der Waals surface area contributed by atoms with Crippen molar-refractivity contribution in [3.8, 4) is 34.5 Å². The summed E-state index contributed by atoms with van der Waals surface area (Å²) in [6.07, 6.45) is 0. The number of rotatable bonds is 6. The van der Waals surface area contributed by atoms with E-state index in [2.05, 4.69) is 0 Å². The Bertz CT molecular complexity index is 1990. The SMILES string of the molecule is CC(c1ccc(O)c(Cl)c1)(c1ccc(O)c(Cl)c1)c1ccc(O)c(Cl)c1.Oc1ccc(C(c2ccc(O)c(Cl)c2)c2ccc(O)c(Cl)c2)cc1Cl. The maximum absolute atomic E-state index is 9.77. The molecule has 0 atom stereocenters. The maximum atomic E-state index is 9.77. The van der Waals surface area contributed by atoms with Crippen LogP contribution in [0, 0.1) is 0 Å². The van der Waals surface area contributed by atoms with Gasteiger partial charge in [-0.3, -0.25) is 0 Å². The van der Waals surface area contributed by atoms with Gasteiger partial charge in [0.15, 0.2) is 0 Å². The van der Waals surface area contributed by atoms with Crippen molar-refractivity contribution in [3.63, 3.8) is 0 Å². The lowest BCUT2D eigenvalue weighted by Crippen LogP contribution is -2.25. The van der Waals surface area contributed by atoms with Crippen LogP contribution in [0.5, 0.6) is 34.5 Å². The van der Waals surface area contributed by atoms with Gasteiger partial charge in [0.25, 0.3) is 0 Å². The van der Waals surface area contributed by atoms with Crippen LogP contribution in [-0.4, -0.2) is 30.6 Å². The van der Waals surface area contributed by atoms with Crippen LogP contribution in [0.25, 0.3) is 0 Å². The molecule has 0 aliphatic rings. The van der Waals surface area contributed by atoms with Crippen molar-refractivity contribution in [2.24, 2.45) is 0 Å². The van der Waals surface area contributed by atoms with Crippen LogP contribution in [0.1, 0.15) is 46.2 Å². The fourth-order valence-electron chi connectivity index (χ4n) is 5.64. The van der Waals surface area contributed by atoms with Crippen LogP contribution in [0.3, 0.4) is 0 Å². The smallest absolute Gasteiger partial charge is 0.134 e. The van der Waals surface area contributed by atoms with Crippen molar-refractivity contribution in [1.82, 2.24) is 0 Å². The lowest BCUT2D eigenvalue weighted by Gasteiger charge is -2.32. The fourth-order valence-corrected chi connectivity index (χ4v) is 6.75. The quantitative estimate of drug-likeness (QED) is 0.0933. The normalized spacial score (nSPS) is 11.3. The highest BCUT2D eigenvalue weighted by Crippen LogP contribution is 2.45. The zero-order valence-corrected chi connectivity index (χ0v) is 31.0. The minimum atomic E-state index is -0.758. The molecule has 6 aromatic rings. The fraction of sp³-hybridized carbons (Fsp3) is 0.0769. The second kappa shape index (κ2) is 15.6. The summed E-state index contributed by atoms with van der Waals surface area (Å²) in [4.78, 5) is 0. The van der Waals surface area contributed by atoms with Gasteiger partial charge in [-0.05, 0) is 113 Å². The molecule has 0 saturated carbocycles. The van der Waals surface area contributed by atoms with Crippen LogP contribution >= 0.6 is 69.6 Å². The Kier molecular flexibility index (Phi) is 11.7. The Morgan fingerprint density at radius 2 is 0.569 bits per heavy atom.